The fourth-order valence-electron chi connectivity index (χ4n) is 3.49. The van der Waals surface area contributed by atoms with Crippen LogP contribution < -0.4 is 5.73 Å². The molecule has 102 valence electrons. The molecular formula is C16H22N2O. The summed E-state index contributed by atoms with van der Waals surface area (Å²) < 4.78 is 0. The smallest absolute Gasteiger partial charge is 0.230 e. The van der Waals surface area contributed by atoms with E-state index in [0.29, 0.717) is 0 Å². The maximum absolute atomic E-state index is 12.8. The SMILES string of the molecule is CC1C(N)CCN1C(=O)C1CCCc2ccccc21. The Morgan fingerprint density at radius 2 is 2.11 bits per heavy atom. The quantitative estimate of drug-likeness (QED) is 0.838. The first-order valence-electron chi connectivity index (χ1n) is 7.32. The van der Waals surface area contributed by atoms with Crippen molar-refractivity contribution in [1.29, 1.82) is 0 Å². The number of nitrogens with two attached hydrogens (primary N) is 1. The van der Waals surface area contributed by atoms with E-state index < -0.39 is 0 Å². The monoisotopic (exact) mass is 258 g/mol. The van der Waals surface area contributed by atoms with Gasteiger partial charge in [-0.3, -0.25) is 4.79 Å². The maximum Gasteiger partial charge on any atom is 0.230 e. The molecule has 3 unspecified atom stereocenters. The van der Waals surface area contributed by atoms with Crippen LogP contribution in [0.2, 0.25) is 0 Å². The normalized spacial score (nSPS) is 30.2. The van der Waals surface area contributed by atoms with E-state index in [1.54, 1.807) is 0 Å². The van der Waals surface area contributed by atoms with Gasteiger partial charge in [0, 0.05) is 18.6 Å². The second-order valence-electron chi connectivity index (χ2n) is 5.87. The molecule has 0 radical (unpaired) electrons. The Labute approximate surface area is 114 Å². The van der Waals surface area contributed by atoms with E-state index in [4.69, 9.17) is 5.73 Å². The predicted molar refractivity (Wildman–Crippen MR) is 75.9 cm³/mol. The molecule has 0 aromatic heterocycles. The third-order valence-electron chi connectivity index (χ3n) is 4.77. The number of aryl methyl sites for hydroxylation is 1. The van der Waals surface area contributed by atoms with Crippen LogP contribution in [0.5, 0.6) is 0 Å². The largest absolute Gasteiger partial charge is 0.338 e. The van der Waals surface area contributed by atoms with E-state index in [-0.39, 0.29) is 23.9 Å². The molecule has 19 heavy (non-hydrogen) atoms. The van der Waals surface area contributed by atoms with Crippen LogP contribution in [0, 0.1) is 0 Å². The molecule has 0 spiro atoms. The Morgan fingerprint density at radius 3 is 2.84 bits per heavy atom. The zero-order valence-electron chi connectivity index (χ0n) is 11.5. The van der Waals surface area contributed by atoms with E-state index in [1.165, 1.54) is 11.1 Å². The van der Waals surface area contributed by atoms with Gasteiger partial charge in [-0.25, -0.2) is 0 Å². The standard InChI is InChI=1S/C16H22N2O/c1-11-15(17)9-10-18(11)16(19)14-8-4-6-12-5-2-3-7-13(12)14/h2-3,5,7,11,14-15H,4,6,8-10,17H2,1H3. The van der Waals surface area contributed by atoms with Crippen LogP contribution >= 0.6 is 0 Å². The molecular weight excluding hydrogens is 236 g/mol. The van der Waals surface area contributed by atoms with Gasteiger partial charge in [-0.2, -0.15) is 0 Å². The Balaban J connectivity index is 1.86. The number of carbonyl (C=O) groups is 1. The maximum atomic E-state index is 12.8. The molecule has 1 aromatic rings. The zero-order chi connectivity index (χ0) is 13.4. The van der Waals surface area contributed by atoms with Crippen molar-refractivity contribution in [3.8, 4) is 0 Å². The highest BCUT2D eigenvalue weighted by Gasteiger charge is 2.36. The number of hydrogen-bond acceptors (Lipinski definition) is 2. The van der Waals surface area contributed by atoms with Gasteiger partial charge < -0.3 is 10.6 Å². The molecule has 1 heterocycles. The van der Waals surface area contributed by atoms with Crippen LogP contribution in [-0.4, -0.2) is 29.4 Å². The van der Waals surface area contributed by atoms with Crippen LogP contribution in [-0.2, 0) is 11.2 Å². The third kappa shape index (κ3) is 2.16. The average Bonchev–Trinajstić information content (AvgIpc) is 2.78. The minimum atomic E-state index is 0.0534. The zero-order valence-corrected chi connectivity index (χ0v) is 11.5. The Bertz CT molecular complexity index is 485. The molecule has 2 N–H and O–H groups in total. The van der Waals surface area contributed by atoms with Gasteiger partial charge in [0.25, 0.3) is 0 Å². The number of hydrogen-bond donors (Lipinski definition) is 1. The molecule has 0 bridgehead atoms. The molecule has 1 aliphatic carbocycles. The molecule has 2 aliphatic rings. The fourth-order valence-corrected chi connectivity index (χ4v) is 3.49. The van der Waals surface area contributed by atoms with Gasteiger partial charge in [-0.1, -0.05) is 24.3 Å². The van der Waals surface area contributed by atoms with Crippen molar-refractivity contribution in [3.63, 3.8) is 0 Å². The average molecular weight is 258 g/mol. The Kier molecular flexibility index (Phi) is 3.31. The van der Waals surface area contributed by atoms with E-state index in [9.17, 15) is 4.79 Å². The van der Waals surface area contributed by atoms with Crippen LogP contribution in [0.3, 0.4) is 0 Å². The van der Waals surface area contributed by atoms with Crippen LogP contribution in [0.4, 0.5) is 0 Å². The van der Waals surface area contributed by atoms with Crippen molar-refractivity contribution in [2.24, 2.45) is 5.73 Å². The van der Waals surface area contributed by atoms with Gasteiger partial charge in [0.1, 0.15) is 0 Å². The molecule has 1 amide bonds. The van der Waals surface area contributed by atoms with Crippen molar-refractivity contribution in [2.75, 3.05) is 6.54 Å². The summed E-state index contributed by atoms with van der Waals surface area (Å²) in [5, 5.41) is 0. The van der Waals surface area contributed by atoms with Gasteiger partial charge in [0.15, 0.2) is 0 Å². The van der Waals surface area contributed by atoms with Crippen LogP contribution in [0.25, 0.3) is 0 Å². The Morgan fingerprint density at radius 1 is 1.32 bits per heavy atom. The summed E-state index contributed by atoms with van der Waals surface area (Å²) in [6.45, 7) is 2.89. The number of carbonyl (C=O) groups excluding carboxylic acids is 1. The van der Waals surface area contributed by atoms with Crippen LogP contribution in [0.1, 0.15) is 43.2 Å². The number of benzene rings is 1. The number of likely N-dealkylation sites (tertiary alicyclic amines) is 1. The number of amides is 1. The first kappa shape index (κ1) is 12.7. The number of fused-ring (bicyclic) bond motifs is 1. The summed E-state index contributed by atoms with van der Waals surface area (Å²) in [5.41, 5.74) is 8.63. The number of nitrogens with zero attached hydrogens (tertiary/aromatic N) is 1. The summed E-state index contributed by atoms with van der Waals surface area (Å²) in [5.74, 6) is 0.338. The van der Waals surface area contributed by atoms with E-state index in [1.807, 2.05) is 11.0 Å². The molecule has 1 aliphatic heterocycles. The van der Waals surface area contributed by atoms with Crippen molar-refractivity contribution in [2.45, 2.75) is 50.6 Å². The minimum absolute atomic E-state index is 0.0534. The molecule has 1 fully saturated rings. The summed E-state index contributed by atoms with van der Waals surface area (Å²) in [7, 11) is 0. The van der Waals surface area contributed by atoms with Gasteiger partial charge in [0.2, 0.25) is 5.91 Å². The lowest BCUT2D eigenvalue weighted by atomic mass is 9.82. The lowest BCUT2D eigenvalue weighted by Gasteiger charge is -2.31. The van der Waals surface area contributed by atoms with Crippen molar-refractivity contribution >= 4 is 5.91 Å². The molecule has 3 atom stereocenters. The molecule has 3 heteroatoms. The first-order chi connectivity index (χ1) is 9.18. The second kappa shape index (κ2) is 4.97. The topological polar surface area (TPSA) is 46.3 Å². The fraction of sp³-hybridized carbons (Fsp3) is 0.562. The van der Waals surface area contributed by atoms with Gasteiger partial charge >= 0.3 is 0 Å². The van der Waals surface area contributed by atoms with E-state index in [0.717, 1.165) is 32.2 Å². The van der Waals surface area contributed by atoms with E-state index >= 15 is 0 Å². The summed E-state index contributed by atoms with van der Waals surface area (Å²) in [6, 6.07) is 8.72. The van der Waals surface area contributed by atoms with Gasteiger partial charge in [-0.15, -0.1) is 0 Å². The van der Waals surface area contributed by atoms with Gasteiger partial charge in [0.05, 0.1) is 5.92 Å². The highest BCUT2D eigenvalue weighted by molar-refractivity contribution is 5.85. The second-order valence-corrected chi connectivity index (χ2v) is 5.87. The molecule has 1 aromatic carbocycles. The molecule has 3 rings (SSSR count). The molecule has 0 saturated carbocycles. The minimum Gasteiger partial charge on any atom is -0.338 e. The van der Waals surface area contributed by atoms with Crippen molar-refractivity contribution < 1.29 is 4.79 Å². The van der Waals surface area contributed by atoms with Crippen molar-refractivity contribution in [1.82, 2.24) is 4.90 Å². The van der Waals surface area contributed by atoms with Crippen LogP contribution in [0.15, 0.2) is 24.3 Å². The third-order valence-corrected chi connectivity index (χ3v) is 4.77. The molecule has 1 saturated heterocycles. The molecule has 3 nitrogen and oxygen atoms in total. The van der Waals surface area contributed by atoms with Crippen molar-refractivity contribution in [3.05, 3.63) is 35.4 Å². The van der Waals surface area contributed by atoms with Gasteiger partial charge in [-0.05, 0) is 43.7 Å². The highest BCUT2D eigenvalue weighted by Crippen LogP contribution is 2.34. The summed E-state index contributed by atoms with van der Waals surface area (Å²) in [6.07, 6.45) is 4.13. The summed E-state index contributed by atoms with van der Waals surface area (Å²) in [4.78, 5) is 14.8. The first-order valence-corrected chi connectivity index (χ1v) is 7.32. The highest BCUT2D eigenvalue weighted by atomic mass is 16.2. The lowest BCUT2D eigenvalue weighted by Crippen LogP contribution is -2.43. The lowest BCUT2D eigenvalue weighted by molar-refractivity contribution is -0.133. The summed E-state index contributed by atoms with van der Waals surface area (Å²) >= 11 is 0. The Hall–Kier alpha value is -1.35. The number of rotatable bonds is 1. The van der Waals surface area contributed by atoms with E-state index in [2.05, 4.69) is 25.1 Å². The predicted octanol–water partition coefficient (Wildman–Crippen LogP) is 2.05.